The molecule has 4 fully saturated rings. The van der Waals surface area contributed by atoms with Gasteiger partial charge >= 0.3 is 0 Å². The van der Waals surface area contributed by atoms with Crippen LogP contribution in [0.4, 0.5) is 0 Å². The maximum absolute atomic E-state index is 4.81. The highest BCUT2D eigenvalue weighted by Crippen LogP contribution is 2.65. The van der Waals surface area contributed by atoms with E-state index in [0.29, 0.717) is 5.41 Å². The SMILES string of the molecule is Cc1nn(C)cc1/C=N\N=C1\CC[C@@H]2[C@H]3CC[C@H]4CCCC[C@]4(C)[C@@H]3CC[C@@]12C. The van der Waals surface area contributed by atoms with Crippen molar-refractivity contribution in [3.05, 3.63) is 17.5 Å². The van der Waals surface area contributed by atoms with E-state index in [1.165, 1.54) is 63.5 Å². The lowest BCUT2D eigenvalue weighted by molar-refractivity contribution is -0.0936. The number of hydrogen-bond acceptors (Lipinski definition) is 3. The summed E-state index contributed by atoms with van der Waals surface area (Å²) >= 11 is 0. The zero-order valence-electron chi connectivity index (χ0n) is 18.8. The Hall–Kier alpha value is -1.45. The van der Waals surface area contributed by atoms with Crippen LogP contribution in [0.15, 0.2) is 16.4 Å². The number of rotatable bonds is 2. The summed E-state index contributed by atoms with van der Waals surface area (Å²) in [5.74, 6) is 3.71. The van der Waals surface area contributed by atoms with Gasteiger partial charge in [-0.15, -0.1) is 0 Å². The van der Waals surface area contributed by atoms with Crippen LogP contribution in [0.3, 0.4) is 0 Å². The topological polar surface area (TPSA) is 42.5 Å². The molecule has 1 aromatic rings. The molecule has 4 aliphatic rings. The van der Waals surface area contributed by atoms with Crippen LogP contribution >= 0.6 is 0 Å². The lowest BCUT2D eigenvalue weighted by Crippen LogP contribution is -2.52. The Bertz CT molecular complexity index is 836. The summed E-state index contributed by atoms with van der Waals surface area (Å²) in [4.78, 5) is 0. The first kappa shape index (κ1) is 19.5. The molecule has 5 rings (SSSR count). The standard InChI is InChI=1S/C25H38N4/c1-17-18(16-29(4)28-17)15-26-27-23-11-10-21-20-9-8-19-7-5-6-13-24(19,2)22(20)12-14-25(21,23)3/h15-16,19-22H,5-14H2,1-4H3/b26-15-,27-23-/t19-,20-,21-,22-,24+,25-/m1/s1. The van der Waals surface area contributed by atoms with E-state index in [-0.39, 0.29) is 5.41 Å². The van der Waals surface area contributed by atoms with Crippen LogP contribution in [0.2, 0.25) is 0 Å². The Morgan fingerprint density at radius 2 is 1.93 bits per heavy atom. The first-order chi connectivity index (χ1) is 13.9. The minimum Gasteiger partial charge on any atom is -0.275 e. The zero-order valence-corrected chi connectivity index (χ0v) is 18.8. The summed E-state index contributed by atoms with van der Waals surface area (Å²) in [7, 11) is 1.96. The molecule has 0 amide bonds. The molecule has 0 N–H and O–H groups in total. The van der Waals surface area contributed by atoms with Crippen LogP contribution in [-0.2, 0) is 7.05 Å². The Morgan fingerprint density at radius 3 is 2.72 bits per heavy atom. The third-order valence-electron chi connectivity index (χ3n) is 9.75. The van der Waals surface area contributed by atoms with E-state index < -0.39 is 0 Å². The van der Waals surface area contributed by atoms with Gasteiger partial charge in [-0.05, 0) is 87.4 Å². The van der Waals surface area contributed by atoms with Gasteiger partial charge in [0.15, 0.2) is 0 Å². The molecular formula is C25H38N4. The van der Waals surface area contributed by atoms with Crippen molar-refractivity contribution in [1.29, 1.82) is 0 Å². The van der Waals surface area contributed by atoms with Gasteiger partial charge in [-0.25, -0.2) is 0 Å². The molecule has 4 saturated carbocycles. The van der Waals surface area contributed by atoms with E-state index in [4.69, 9.17) is 5.10 Å². The second-order valence-corrected chi connectivity index (χ2v) is 11.0. The fraction of sp³-hybridized carbons (Fsp3) is 0.800. The molecule has 158 valence electrons. The quantitative estimate of drug-likeness (QED) is 0.452. The molecule has 0 radical (unpaired) electrons. The Morgan fingerprint density at radius 1 is 1.07 bits per heavy atom. The van der Waals surface area contributed by atoms with Crippen molar-refractivity contribution in [2.24, 2.45) is 51.8 Å². The van der Waals surface area contributed by atoms with E-state index in [1.54, 1.807) is 0 Å². The Kier molecular flexibility index (Phi) is 4.75. The van der Waals surface area contributed by atoms with Gasteiger partial charge in [0.25, 0.3) is 0 Å². The van der Waals surface area contributed by atoms with Crippen LogP contribution in [0.5, 0.6) is 0 Å². The molecule has 0 saturated heterocycles. The summed E-state index contributed by atoms with van der Waals surface area (Å²) in [5, 5.41) is 13.7. The highest BCUT2D eigenvalue weighted by atomic mass is 15.3. The van der Waals surface area contributed by atoms with Crippen molar-refractivity contribution in [3.8, 4) is 0 Å². The van der Waals surface area contributed by atoms with Gasteiger partial charge in [-0.3, -0.25) is 4.68 Å². The Balaban J connectivity index is 1.37. The highest BCUT2D eigenvalue weighted by molar-refractivity contribution is 5.93. The van der Waals surface area contributed by atoms with E-state index in [2.05, 4.69) is 24.0 Å². The molecule has 0 bridgehead atoms. The molecule has 1 heterocycles. The van der Waals surface area contributed by atoms with Crippen molar-refractivity contribution in [2.45, 2.75) is 85.0 Å². The normalized spacial score (nSPS) is 43.4. The molecule has 29 heavy (non-hydrogen) atoms. The largest absolute Gasteiger partial charge is 0.275 e. The maximum atomic E-state index is 4.81. The van der Waals surface area contributed by atoms with Crippen molar-refractivity contribution in [2.75, 3.05) is 0 Å². The third-order valence-corrected chi connectivity index (χ3v) is 9.75. The fourth-order valence-corrected chi connectivity index (χ4v) is 8.15. The van der Waals surface area contributed by atoms with Crippen LogP contribution in [0.25, 0.3) is 0 Å². The molecule has 4 heteroatoms. The minimum absolute atomic E-state index is 0.278. The maximum Gasteiger partial charge on any atom is 0.0682 e. The number of aromatic nitrogens is 2. The summed E-state index contributed by atoms with van der Waals surface area (Å²) < 4.78 is 1.85. The number of nitrogens with zero attached hydrogens (tertiary/aromatic N) is 4. The smallest absolute Gasteiger partial charge is 0.0682 e. The second kappa shape index (κ2) is 7.06. The molecule has 4 aliphatic carbocycles. The molecular weight excluding hydrogens is 356 g/mol. The van der Waals surface area contributed by atoms with Gasteiger partial charge in [-0.2, -0.15) is 15.3 Å². The van der Waals surface area contributed by atoms with E-state index in [9.17, 15) is 0 Å². The Labute approximate surface area is 176 Å². The van der Waals surface area contributed by atoms with E-state index >= 15 is 0 Å². The van der Waals surface area contributed by atoms with Crippen LogP contribution in [0.1, 0.15) is 89.3 Å². The first-order valence-electron chi connectivity index (χ1n) is 12.0. The van der Waals surface area contributed by atoms with Crippen molar-refractivity contribution in [1.82, 2.24) is 9.78 Å². The number of fused-ring (bicyclic) bond motifs is 5. The molecule has 6 atom stereocenters. The van der Waals surface area contributed by atoms with Crippen molar-refractivity contribution >= 4 is 11.9 Å². The zero-order chi connectivity index (χ0) is 20.2. The van der Waals surface area contributed by atoms with Crippen molar-refractivity contribution < 1.29 is 0 Å². The molecule has 1 aromatic heterocycles. The molecule has 0 spiro atoms. The van der Waals surface area contributed by atoms with E-state index in [1.807, 2.05) is 31.1 Å². The van der Waals surface area contributed by atoms with Gasteiger partial charge in [0.1, 0.15) is 0 Å². The molecule has 0 aromatic carbocycles. The summed E-state index contributed by atoms with van der Waals surface area (Å²) in [6.07, 6.45) is 18.0. The first-order valence-corrected chi connectivity index (χ1v) is 12.0. The van der Waals surface area contributed by atoms with Crippen LogP contribution < -0.4 is 0 Å². The predicted molar refractivity (Wildman–Crippen MR) is 119 cm³/mol. The van der Waals surface area contributed by atoms with Gasteiger partial charge in [-0.1, -0.05) is 26.7 Å². The molecule has 4 nitrogen and oxygen atoms in total. The number of aryl methyl sites for hydroxylation is 2. The molecule has 0 aliphatic heterocycles. The lowest BCUT2D eigenvalue weighted by atomic mass is 9.45. The summed E-state index contributed by atoms with van der Waals surface area (Å²) in [6.45, 7) is 7.21. The summed E-state index contributed by atoms with van der Waals surface area (Å²) in [6, 6.07) is 0. The lowest BCUT2D eigenvalue weighted by Gasteiger charge is -2.59. The number of hydrogen-bond donors (Lipinski definition) is 0. The van der Waals surface area contributed by atoms with Gasteiger partial charge < -0.3 is 0 Å². The van der Waals surface area contributed by atoms with Gasteiger partial charge in [0, 0.05) is 29.9 Å². The predicted octanol–water partition coefficient (Wildman–Crippen LogP) is 5.94. The molecule has 0 unspecified atom stereocenters. The minimum atomic E-state index is 0.278. The van der Waals surface area contributed by atoms with Gasteiger partial charge in [0.05, 0.1) is 11.9 Å². The van der Waals surface area contributed by atoms with Crippen LogP contribution in [-0.4, -0.2) is 21.7 Å². The average molecular weight is 395 g/mol. The van der Waals surface area contributed by atoms with Crippen LogP contribution in [0, 0.1) is 41.4 Å². The van der Waals surface area contributed by atoms with Gasteiger partial charge in [0.2, 0.25) is 0 Å². The average Bonchev–Trinajstić information content (AvgIpc) is 3.19. The van der Waals surface area contributed by atoms with E-state index in [0.717, 1.165) is 41.3 Å². The van der Waals surface area contributed by atoms with Crippen molar-refractivity contribution in [3.63, 3.8) is 0 Å². The second-order valence-electron chi connectivity index (χ2n) is 11.0. The fourth-order valence-electron chi connectivity index (χ4n) is 8.15. The third kappa shape index (κ3) is 3.04. The summed E-state index contributed by atoms with van der Waals surface area (Å²) in [5.41, 5.74) is 4.36. The highest BCUT2D eigenvalue weighted by Gasteiger charge is 2.58. The monoisotopic (exact) mass is 394 g/mol.